The van der Waals surface area contributed by atoms with Crippen LogP contribution < -0.4 is 5.73 Å². The van der Waals surface area contributed by atoms with Crippen LogP contribution in [0.15, 0.2) is 0 Å². The van der Waals surface area contributed by atoms with Gasteiger partial charge in [0.15, 0.2) is 0 Å². The van der Waals surface area contributed by atoms with Crippen LogP contribution in [-0.4, -0.2) is 26.8 Å². The summed E-state index contributed by atoms with van der Waals surface area (Å²) in [5.41, 5.74) is 5.30. The molecule has 64 valence electrons. The first kappa shape index (κ1) is 8.68. The van der Waals surface area contributed by atoms with Gasteiger partial charge in [-0.1, -0.05) is 11.0 Å². The molecule has 0 bridgehead atoms. The molecule has 12 heavy (non-hydrogen) atoms. The first-order valence-electron chi connectivity index (χ1n) is 3.76. The fraction of sp³-hybridized carbons (Fsp3) is 0.571. The highest BCUT2D eigenvalue weighted by molar-refractivity contribution is 5.17. The molecule has 0 atom stereocenters. The summed E-state index contributed by atoms with van der Waals surface area (Å²) < 4.78 is 0. The number of aromatic nitrogens is 4. The lowest BCUT2D eigenvalue weighted by Gasteiger charge is -1.82. The van der Waals surface area contributed by atoms with Crippen LogP contribution in [0.25, 0.3) is 0 Å². The zero-order valence-electron chi connectivity index (χ0n) is 6.99. The maximum Gasteiger partial charge on any atom is 0.247 e. The number of nitrogens with zero attached hydrogens (tertiary/aromatic N) is 4. The van der Waals surface area contributed by atoms with Crippen molar-refractivity contribution in [2.45, 2.75) is 12.8 Å². The van der Waals surface area contributed by atoms with E-state index in [4.69, 9.17) is 5.73 Å². The van der Waals surface area contributed by atoms with Gasteiger partial charge >= 0.3 is 0 Å². The van der Waals surface area contributed by atoms with Crippen LogP contribution in [0.2, 0.25) is 0 Å². The highest BCUT2D eigenvalue weighted by Crippen LogP contribution is 1.84. The number of rotatable bonds is 2. The smallest absolute Gasteiger partial charge is 0.247 e. The molecule has 1 aromatic rings. The van der Waals surface area contributed by atoms with Gasteiger partial charge in [-0.05, 0) is 24.1 Å². The van der Waals surface area contributed by atoms with Crippen molar-refractivity contribution in [1.82, 2.24) is 20.2 Å². The molecule has 1 aromatic heterocycles. The third kappa shape index (κ3) is 2.68. The van der Waals surface area contributed by atoms with Gasteiger partial charge in [0.25, 0.3) is 0 Å². The monoisotopic (exact) mass is 165 g/mol. The van der Waals surface area contributed by atoms with Gasteiger partial charge in [0.05, 0.1) is 7.05 Å². The molecular formula is C7H11N5. The Morgan fingerprint density at radius 2 is 2.42 bits per heavy atom. The van der Waals surface area contributed by atoms with Crippen LogP contribution in [-0.2, 0) is 7.05 Å². The summed E-state index contributed by atoms with van der Waals surface area (Å²) in [4.78, 5) is 1.38. The second-order valence-electron chi connectivity index (χ2n) is 2.30. The van der Waals surface area contributed by atoms with E-state index in [0.717, 1.165) is 12.8 Å². The van der Waals surface area contributed by atoms with Crippen LogP contribution in [0, 0.1) is 11.8 Å². The summed E-state index contributed by atoms with van der Waals surface area (Å²) in [6.07, 6.45) is 1.70. The van der Waals surface area contributed by atoms with Crippen LogP contribution in [0.1, 0.15) is 18.7 Å². The fourth-order valence-electron chi connectivity index (χ4n) is 0.666. The topological polar surface area (TPSA) is 69.6 Å². The van der Waals surface area contributed by atoms with Crippen molar-refractivity contribution in [1.29, 1.82) is 0 Å². The predicted molar refractivity (Wildman–Crippen MR) is 44.0 cm³/mol. The quantitative estimate of drug-likeness (QED) is 0.464. The van der Waals surface area contributed by atoms with E-state index in [1.54, 1.807) is 7.05 Å². The number of hydrogen-bond acceptors (Lipinski definition) is 4. The predicted octanol–water partition coefficient (Wildman–Crippen LogP) is -0.700. The van der Waals surface area contributed by atoms with Gasteiger partial charge in [-0.15, -0.1) is 5.10 Å². The van der Waals surface area contributed by atoms with Crippen molar-refractivity contribution in [2.75, 3.05) is 6.54 Å². The molecule has 0 aliphatic carbocycles. The summed E-state index contributed by atoms with van der Waals surface area (Å²) >= 11 is 0. The highest BCUT2D eigenvalue weighted by atomic mass is 15.6. The zero-order valence-corrected chi connectivity index (χ0v) is 6.99. The molecule has 0 aromatic carbocycles. The third-order valence-corrected chi connectivity index (χ3v) is 1.21. The first-order valence-corrected chi connectivity index (χ1v) is 3.76. The summed E-state index contributed by atoms with van der Waals surface area (Å²) in [7, 11) is 1.71. The van der Waals surface area contributed by atoms with Crippen molar-refractivity contribution in [3.63, 3.8) is 0 Å². The van der Waals surface area contributed by atoms with Crippen molar-refractivity contribution in [3.8, 4) is 11.8 Å². The maximum atomic E-state index is 5.30. The van der Waals surface area contributed by atoms with E-state index in [0.29, 0.717) is 12.4 Å². The molecule has 5 heteroatoms. The largest absolute Gasteiger partial charge is 0.330 e. The second-order valence-corrected chi connectivity index (χ2v) is 2.30. The van der Waals surface area contributed by atoms with Crippen molar-refractivity contribution in [2.24, 2.45) is 12.8 Å². The second kappa shape index (κ2) is 4.46. The lowest BCUT2D eigenvalue weighted by molar-refractivity contribution is 0.629. The number of nitrogens with two attached hydrogens (primary N) is 1. The number of aryl methyl sites for hydroxylation is 1. The van der Waals surface area contributed by atoms with Crippen LogP contribution >= 0.6 is 0 Å². The van der Waals surface area contributed by atoms with Gasteiger partial charge < -0.3 is 5.73 Å². The summed E-state index contributed by atoms with van der Waals surface area (Å²) in [5.74, 6) is 6.16. The third-order valence-electron chi connectivity index (χ3n) is 1.21. The van der Waals surface area contributed by atoms with Crippen LogP contribution in [0.4, 0.5) is 0 Å². The Kier molecular flexibility index (Phi) is 3.23. The van der Waals surface area contributed by atoms with Crippen LogP contribution in [0.5, 0.6) is 0 Å². The Balaban J connectivity index is 2.43. The first-order chi connectivity index (χ1) is 5.83. The van der Waals surface area contributed by atoms with Crippen molar-refractivity contribution in [3.05, 3.63) is 5.82 Å². The zero-order chi connectivity index (χ0) is 8.81. The van der Waals surface area contributed by atoms with E-state index in [2.05, 4.69) is 27.3 Å². The number of unbranched alkanes of at least 4 members (excludes halogenated alkanes) is 1. The molecule has 1 rings (SSSR count). The minimum atomic E-state index is 0.467. The highest BCUT2D eigenvalue weighted by Gasteiger charge is 1.91. The van der Waals surface area contributed by atoms with E-state index in [1.807, 2.05) is 0 Å². The fourth-order valence-corrected chi connectivity index (χ4v) is 0.666. The van der Waals surface area contributed by atoms with Crippen LogP contribution in [0.3, 0.4) is 0 Å². The Hall–Kier alpha value is -1.41. The average Bonchev–Trinajstić information content (AvgIpc) is 2.45. The van der Waals surface area contributed by atoms with Crippen molar-refractivity contribution >= 4 is 0 Å². The average molecular weight is 165 g/mol. The Labute approximate surface area is 70.9 Å². The molecule has 0 aliphatic rings. The van der Waals surface area contributed by atoms with Gasteiger partial charge in [-0.3, -0.25) is 0 Å². The Morgan fingerprint density at radius 1 is 1.58 bits per heavy atom. The summed E-state index contributed by atoms with van der Waals surface area (Å²) in [6.45, 7) is 0.669. The number of tetrazole rings is 1. The molecule has 0 fully saturated rings. The lowest BCUT2D eigenvalue weighted by atomic mass is 10.3. The molecule has 0 saturated carbocycles. The van der Waals surface area contributed by atoms with E-state index in [9.17, 15) is 0 Å². The Morgan fingerprint density at radius 3 is 3.00 bits per heavy atom. The van der Waals surface area contributed by atoms with Gasteiger partial charge in [-0.25, -0.2) is 0 Å². The molecule has 0 unspecified atom stereocenters. The molecule has 0 amide bonds. The normalized spacial score (nSPS) is 9.17. The summed E-state index contributed by atoms with van der Waals surface area (Å²) in [5, 5.41) is 11.3. The van der Waals surface area contributed by atoms with E-state index >= 15 is 0 Å². The van der Waals surface area contributed by atoms with Gasteiger partial charge in [0, 0.05) is 6.42 Å². The summed E-state index contributed by atoms with van der Waals surface area (Å²) in [6, 6.07) is 0. The van der Waals surface area contributed by atoms with E-state index in [-0.39, 0.29) is 0 Å². The minimum Gasteiger partial charge on any atom is -0.330 e. The molecule has 0 saturated heterocycles. The van der Waals surface area contributed by atoms with Gasteiger partial charge in [-0.2, -0.15) is 4.80 Å². The molecule has 0 radical (unpaired) electrons. The molecule has 0 spiro atoms. The van der Waals surface area contributed by atoms with Gasteiger partial charge in [0.2, 0.25) is 5.82 Å². The standard InChI is InChI=1S/C7H11N5/c1-12-10-7(9-11-12)5-3-2-4-6-8/h2,4,6,8H2,1H3. The lowest BCUT2D eigenvalue weighted by Crippen LogP contribution is -1.96. The Bertz CT molecular complexity index is 292. The molecule has 0 aliphatic heterocycles. The minimum absolute atomic E-state index is 0.467. The van der Waals surface area contributed by atoms with E-state index < -0.39 is 0 Å². The molecular weight excluding hydrogens is 154 g/mol. The molecule has 2 N–H and O–H groups in total. The molecule has 1 heterocycles. The SMILES string of the molecule is Cn1nnc(C#CCCCN)n1. The van der Waals surface area contributed by atoms with E-state index in [1.165, 1.54) is 4.80 Å². The van der Waals surface area contributed by atoms with Crippen molar-refractivity contribution < 1.29 is 0 Å². The van der Waals surface area contributed by atoms with Gasteiger partial charge in [0.1, 0.15) is 0 Å². The molecule has 5 nitrogen and oxygen atoms in total. The maximum absolute atomic E-state index is 5.30. The number of hydrogen-bond donors (Lipinski definition) is 1.